The summed E-state index contributed by atoms with van der Waals surface area (Å²) in [5.41, 5.74) is 6.35. The van der Waals surface area contributed by atoms with E-state index in [2.05, 4.69) is 89.9 Å². The monoisotopic (exact) mass is 770 g/mol. The lowest BCUT2D eigenvalue weighted by molar-refractivity contribution is -0.138. The van der Waals surface area contributed by atoms with Crippen LogP contribution in [0.4, 0.5) is 17.6 Å². The van der Waals surface area contributed by atoms with Gasteiger partial charge in [-0.05, 0) is 125 Å². The van der Waals surface area contributed by atoms with E-state index in [1.54, 1.807) is 6.20 Å². The highest BCUT2D eigenvalue weighted by molar-refractivity contribution is 7.71. The SMILES string of the molecule is CC.Cc1cc(C)c(-c2cc(C#CC3CC3)nc(CNC(C)(C)C(CC(C)C)n3cc(CCN4CCC(F)C4)c(C(F)(F)F)cc3=S)c2)c(C)c1.O=CO. The molecule has 0 spiro atoms. The highest BCUT2D eigenvalue weighted by atomic mass is 32.1. The minimum atomic E-state index is -4.54. The molecule has 1 aliphatic heterocycles. The molecule has 0 bridgehead atoms. The van der Waals surface area contributed by atoms with Gasteiger partial charge in [-0.15, -0.1) is 0 Å². The summed E-state index contributed by atoms with van der Waals surface area (Å²) in [6, 6.07) is 9.45. The van der Waals surface area contributed by atoms with E-state index in [0.717, 1.165) is 35.9 Å². The number of hydrogen-bond donors (Lipinski definition) is 2. The largest absolute Gasteiger partial charge is 0.483 e. The lowest BCUT2D eigenvalue weighted by Gasteiger charge is -2.39. The molecule has 3 heterocycles. The third-order valence-electron chi connectivity index (χ3n) is 9.80. The Morgan fingerprint density at radius 1 is 1.06 bits per heavy atom. The van der Waals surface area contributed by atoms with E-state index >= 15 is 0 Å². The summed E-state index contributed by atoms with van der Waals surface area (Å²) in [5, 5.41) is 10.6. The van der Waals surface area contributed by atoms with Crippen molar-refractivity contribution in [2.24, 2.45) is 11.8 Å². The zero-order valence-electron chi connectivity index (χ0n) is 33.3. The number of rotatable bonds is 11. The van der Waals surface area contributed by atoms with Crippen LogP contribution in [0.5, 0.6) is 0 Å². The molecule has 1 aliphatic carbocycles. The molecule has 1 saturated heterocycles. The van der Waals surface area contributed by atoms with Gasteiger partial charge in [-0.3, -0.25) is 4.79 Å². The molecule has 54 heavy (non-hydrogen) atoms. The Morgan fingerprint density at radius 3 is 2.22 bits per heavy atom. The minimum Gasteiger partial charge on any atom is -0.483 e. The van der Waals surface area contributed by atoms with Gasteiger partial charge in [-0.1, -0.05) is 63.5 Å². The average Bonchev–Trinajstić information content (AvgIpc) is 3.83. The number of likely N-dealkylation sites (tertiary alicyclic amines) is 1. The van der Waals surface area contributed by atoms with Crippen molar-refractivity contribution in [3.8, 4) is 23.0 Å². The summed E-state index contributed by atoms with van der Waals surface area (Å²) in [6.07, 6.45) is -0.309. The van der Waals surface area contributed by atoms with Crippen molar-refractivity contribution >= 4 is 18.7 Å². The Hall–Kier alpha value is -3.59. The fourth-order valence-corrected chi connectivity index (χ4v) is 7.43. The van der Waals surface area contributed by atoms with E-state index in [9.17, 15) is 17.6 Å². The third-order valence-corrected chi connectivity index (χ3v) is 10.1. The molecular formula is C43H58F4N4O2S. The Balaban J connectivity index is 0.00000149. The molecule has 5 rings (SSSR count). The van der Waals surface area contributed by atoms with Gasteiger partial charge < -0.3 is 19.9 Å². The smallest absolute Gasteiger partial charge is 0.416 e. The predicted octanol–water partition coefficient (Wildman–Crippen LogP) is 10.5. The van der Waals surface area contributed by atoms with E-state index in [0.29, 0.717) is 38.4 Å². The molecule has 6 nitrogen and oxygen atoms in total. The first kappa shape index (κ1) is 44.8. The fourth-order valence-electron chi connectivity index (χ4n) is 7.13. The molecule has 0 radical (unpaired) electrons. The Kier molecular flexibility index (Phi) is 16.5. The molecule has 1 aromatic carbocycles. The molecule has 2 aliphatic rings. The summed E-state index contributed by atoms with van der Waals surface area (Å²) in [7, 11) is 0. The number of aryl methyl sites for hydroxylation is 3. The maximum atomic E-state index is 14.3. The van der Waals surface area contributed by atoms with Gasteiger partial charge in [0, 0.05) is 43.8 Å². The van der Waals surface area contributed by atoms with E-state index in [-0.39, 0.29) is 41.6 Å². The number of carboxylic acid groups (broad SMARTS) is 1. The molecule has 2 aromatic heterocycles. The van der Waals surface area contributed by atoms with Crippen molar-refractivity contribution in [2.45, 2.75) is 125 Å². The number of aromatic nitrogens is 2. The second kappa shape index (κ2) is 19.8. The average molecular weight is 771 g/mol. The molecule has 2 unspecified atom stereocenters. The normalized spacial score (nSPS) is 16.4. The van der Waals surface area contributed by atoms with Crippen LogP contribution in [-0.4, -0.2) is 57.4 Å². The summed E-state index contributed by atoms with van der Waals surface area (Å²) in [4.78, 5) is 15.2. The number of nitrogens with zero attached hydrogens (tertiary/aromatic N) is 3. The summed E-state index contributed by atoms with van der Waals surface area (Å²) >= 11 is 5.67. The molecule has 0 amide bonds. The van der Waals surface area contributed by atoms with E-state index in [1.807, 2.05) is 23.3 Å². The van der Waals surface area contributed by atoms with E-state index in [1.165, 1.54) is 22.3 Å². The van der Waals surface area contributed by atoms with Crippen molar-refractivity contribution in [1.29, 1.82) is 0 Å². The number of halogens is 4. The van der Waals surface area contributed by atoms with Crippen molar-refractivity contribution < 1.29 is 27.5 Å². The number of nitrogens with one attached hydrogen (secondary N) is 1. The number of alkyl halides is 4. The maximum Gasteiger partial charge on any atom is 0.416 e. The highest BCUT2D eigenvalue weighted by Crippen LogP contribution is 2.37. The van der Waals surface area contributed by atoms with Gasteiger partial charge in [0.25, 0.3) is 6.47 Å². The lowest BCUT2D eigenvalue weighted by atomic mass is 9.86. The van der Waals surface area contributed by atoms with Crippen LogP contribution in [0.3, 0.4) is 0 Å². The van der Waals surface area contributed by atoms with Gasteiger partial charge in [0.1, 0.15) is 16.5 Å². The number of benzene rings is 1. The number of hydrogen-bond acceptors (Lipinski definition) is 5. The molecular weight excluding hydrogens is 713 g/mol. The van der Waals surface area contributed by atoms with Crippen LogP contribution in [0.2, 0.25) is 0 Å². The lowest BCUT2D eigenvalue weighted by Crippen LogP contribution is -2.47. The number of pyridine rings is 2. The first-order valence-corrected chi connectivity index (χ1v) is 19.4. The molecule has 11 heteroatoms. The Bertz CT molecular complexity index is 1820. The quantitative estimate of drug-likeness (QED) is 0.0876. The summed E-state index contributed by atoms with van der Waals surface area (Å²) < 4.78 is 58.7. The number of carbonyl (C=O) groups is 1. The zero-order valence-corrected chi connectivity index (χ0v) is 34.1. The van der Waals surface area contributed by atoms with Crippen molar-refractivity contribution in [3.63, 3.8) is 0 Å². The molecule has 1 saturated carbocycles. The maximum absolute atomic E-state index is 14.3. The van der Waals surface area contributed by atoms with Crippen LogP contribution in [0.15, 0.2) is 36.5 Å². The summed E-state index contributed by atoms with van der Waals surface area (Å²) in [6.45, 7) is 20.1. The molecule has 2 atom stereocenters. The van der Waals surface area contributed by atoms with Crippen LogP contribution < -0.4 is 5.32 Å². The molecule has 3 aromatic rings. The second-order valence-electron chi connectivity index (χ2n) is 15.3. The first-order chi connectivity index (χ1) is 25.4. The van der Waals surface area contributed by atoms with Crippen molar-refractivity contribution in [2.75, 3.05) is 19.6 Å². The minimum absolute atomic E-state index is 0.143. The molecule has 296 valence electrons. The molecule has 2 fully saturated rings. The van der Waals surface area contributed by atoms with Crippen LogP contribution in [0.25, 0.3) is 11.1 Å². The second-order valence-corrected chi connectivity index (χ2v) is 15.7. The van der Waals surface area contributed by atoms with Gasteiger partial charge in [0.05, 0.1) is 17.3 Å². The molecule has 2 N–H and O–H groups in total. The van der Waals surface area contributed by atoms with Gasteiger partial charge >= 0.3 is 6.18 Å². The fraction of sp³-hybridized carbons (Fsp3) is 0.558. The Morgan fingerprint density at radius 2 is 1.69 bits per heavy atom. The topological polar surface area (TPSA) is 70.4 Å². The van der Waals surface area contributed by atoms with Gasteiger partial charge in [-0.2, -0.15) is 13.2 Å². The van der Waals surface area contributed by atoms with E-state index < -0.39 is 23.5 Å². The highest BCUT2D eigenvalue weighted by Gasteiger charge is 2.37. The zero-order chi connectivity index (χ0) is 40.4. The predicted molar refractivity (Wildman–Crippen MR) is 213 cm³/mol. The summed E-state index contributed by atoms with van der Waals surface area (Å²) in [5.74, 6) is 7.38. The standard InChI is InChI=1S/C40H50F4N4S.C2H6.CH2O2/c1-25(2)16-36(48-23-30(12-14-47-15-13-32(41)24-47)35(21-37(48)49)40(42,43)44)39(6,7)45-22-34-20-31(19-33(46-34)11-10-29-8-9-29)38-27(4)17-26(3)18-28(38)5;1-2;2-1-3/h17-21,23,25,29,32,36,45H,8-9,12-16,22,24H2,1-7H3;1-2H3;1H,(H,2,3). The Labute approximate surface area is 324 Å². The van der Waals surface area contributed by atoms with Gasteiger partial charge in [-0.25, -0.2) is 9.37 Å². The van der Waals surface area contributed by atoms with Gasteiger partial charge in [0.15, 0.2) is 0 Å². The first-order valence-electron chi connectivity index (χ1n) is 19.0. The van der Waals surface area contributed by atoms with Crippen LogP contribution in [-0.2, 0) is 23.9 Å². The van der Waals surface area contributed by atoms with Crippen molar-refractivity contribution in [3.05, 3.63) is 80.4 Å². The van der Waals surface area contributed by atoms with Crippen molar-refractivity contribution in [1.82, 2.24) is 19.8 Å². The van der Waals surface area contributed by atoms with E-state index in [4.69, 9.17) is 27.1 Å². The van der Waals surface area contributed by atoms with Crippen LogP contribution in [0.1, 0.15) is 112 Å². The van der Waals surface area contributed by atoms with Crippen LogP contribution in [0, 0.1) is 49.1 Å². The third kappa shape index (κ3) is 12.7. The van der Waals surface area contributed by atoms with Crippen LogP contribution >= 0.6 is 12.2 Å². The van der Waals surface area contributed by atoms with Gasteiger partial charge in [0.2, 0.25) is 0 Å².